The number of hydrogen-bond acceptors (Lipinski definition) is 3. The molecule has 2 saturated heterocycles. The van der Waals surface area contributed by atoms with E-state index >= 15 is 0 Å². The fraction of sp³-hybridized carbons (Fsp3) is 0.452. The van der Waals surface area contributed by atoms with E-state index in [9.17, 15) is 4.79 Å². The first-order chi connectivity index (χ1) is 17.1. The van der Waals surface area contributed by atoms with Crippen LogP contribution in [0.2, 0.25) is 0 Å². The third-order valence-electron chi connectivity index (χ3n) is 8.00. The van der Waals surface area contributed by atoms with Crippen LogP contribution in [0.15, 0.2) is 66.7 Å². The molecule has 5 rings (SSSR count). The van der Waals surface area contributed by atoms with Gasteiger partial charge >= 0.3 is 0 Å². The third-order valence-corrected chi connectivity index (χ3v) is 8.00. The molecule has 1 N–H and O–H groups in total. The molecule has 35 heavy (non-hydrogen) atoms. The molecule has 0 spiro atoms. The highest BCUT2D eigenvalue weighted by molar-refractivity contribution is 5.85. The lowest BCUT2D eigenvalue weighted by atomic mass is 9.95. The molecule has 0 radical (unpaired) electrons. The van der Waals surface area contributed by atoms with Crippen LogP contribution >= 0.6 is 0 Å². The molecule has 0 aliphatic carbocycles. The van der Waals surface area contributed by atoms with E-state index in [1.54, 1.807) is 0 Å². The summed E-state index contributed by atoms with van der Waals surface area (Å²) in [6, 6.07) is 24.0. The number of likely N-dealkylation sites (tertiary alicyclic amines) is 2. The highest BCUT2D eigenvalue weighted by atomic mass is 16.1. The summed E-state index contributed by atoms with van der Waals surface area (Å²) in [5, 5.41) is 5.83. The van der Waals surface area contributed by atoms with Gasteiger partial charge in [-0.15, -0.1) is 0 Å². The molecule has 184 valence electrons. The highest BCUT2D eigenvalue weighted by Crippen LogP contribution is 2.24. The van der Waals surface area contributed by atoms with E-state index in [1.807, 2.05) is 0 Å². The Balaban J connectivity index is 1.06. The Kier molecular flexibility index (Phi) is 7.80. The van der Waals surface area contributed by atoms with Crippen molar-refractivity contribution < 1.29 is 4.79 Å². The van der Waals surface area contributed by atoms with E-state index in [-0.39, 0.29) is 11.8 Å². The summed E-state index contributed by atoms with van der Waals surface area (Å²) >= 11 is 0. The predicted octanol–water partition coefficient (Wildman–Crippen LogP) is 5.60. The summed E-state index contributed by atoms with van der Waals surface area (Å²) in [7, 11) is 0. The second-order valence-corrected chi connectivity index (χ2v) is 10.7. The van der Waals surface area contributed by atoms with Gasteiger partial charge in [0.05, 0.1) is 0 Å². The van der Waals surface area contributed by atoms with Gasteiger partial charge in [-0.25, -0.2) is 0 Å². The maximum absolute atomic E-state index is 12.8. The number of piperidine rings is 2. The van der Waals surface area contributed by atoms with Gasteiger partial charge < -0.3 is 5.32 Å². The fourth-order valence-corrected chi connectivity index (χ4v) is 5.60. The van der Waals surface area contributed by atoms with E-state index in [4.69, 9.17) is 0 Å². The third kappa shape index (κ3) is 6.31. The van der Waals surface area contributed by atoms with Crippen molar-refractivity contribution in [2.24, 2.45) is 11.8 Å². The predicted molar refractivity (Wildman–Crippen MR) is 144 cm³/mol. The van der Waals surface area contributed by atoms with Gasteiger partial charge in [0.15, 0.2) is 0 Å². The molecular formula is C31H39N3O. The summed E-state index contributed by atoms with van der Waals surface area (Å²) in [6.45, 7) is 9.35. The number of carbonyl (C=O) groups excluding carboxylic acids is 1. The standard InChI is InChI=1S/C31H39N3O/c1-24-13-17-33(18-14-24)22-26-11-9-25(10-12-26)21-32-31(35)28-15-19-34(20-16-28)23-29-7-4-6-27-5-2-3-8-30(27)29/h2-12,24,28H,13-23H2,1H3,(H,32,35). The Bertz CT molecular complexity index is 1100. The molecule has 3 aromatic carbocycles. The van der Waals surface area contributed by atoms with E-state index < -0.39 is 0 Å². The number of nitrogens with zero attached hydrogens (tertiary/aromatic N) is 2. The molecule has 0 saturated carbocycles. The maximum atomic E-state index is 12.8. The van der Waals surface area contributed by atoms with Crippen molar-refractivity contribution in [1.29, 1.82) is 0 Å². The van der Waals surface area contributed by atoms with Crippen LogP contribution in [0.4, 0.5) is 0 Å². The van der Waals surface area contributed by atoms with Gasteiger partial charge in [-0.05, 0) is 85.2 Å². The summed E-state index contributed by atoms with van der Waals surface area (Å²) in [5.74, 6) is 1.20. The van der Waals surface area contributed by atoms with Gasteiger partial charge in [-0.1, -0.05) is 73.7 Å². The van der Waals surface area contributed by atoms with Gasteiger partial charge in [-0.3, -0.25) is 14.6 Å². The normalized spacial score (nSPS) is 18.7. The monoisotopic (exact) mass is 469 g/mol. The number of carbonyl (C=O) groups is 1. The van der Waals surface area contributed by atoms with Crippen LogP contribution in [0.3, 0.4) is 0 Å². The number of rotatable bonds is 7. The van der Waals surface area contributed by atoms with Crippen LogP contribution in [-0.4, -0.2) is 41.9 Å². The molecule has 4 heteroatoms. The molecule has 0 bridgehead atoms. The Hall–Kier alpha value is -2.69. The summed E-state index contributed by atoms with van der Waals surface area (Å²) in [4.78, 5) is 17.9. The molecule has 0 unspecified atom stereocenters. The Morgan fingerprint density at radius 3 is 2.17 bits per heavy atom. The molecule has 2 aliphatic heterocycles. The zero-order chi connectivity index (χ0) is 24.0. The van der Waals surface area contributed by atoms with Crippen molar-refractivity contribution in [3.63, 3.8) is 0 Å². The smallest absolute Gasteiger partial charge is 0.223 e. The van der Waals surface area contributed by atoms with Crippen LogP contribution in [0.5, 0.6) is 0 Å². The summed E-state index contributed by atoms with van der Waals surface area (Å²) in [5.41, 5.74) is 3.93. The van der Waals surface area contributed by atoms with Crippen LogP contribution in [0.25, 0.3) is 10.8 Å². The van der Waals surface area contributed by atoms with Crippen molar-refractivity contribution in [2.75, 3.05) is 26.2 Å². The lowest BCUT2D eigenvalue weighted by molar-refractivity contribution is -0.126. The number of benzene rings is 3. The second-order valence-electron chi connectivity index (χ2n) is 10.7. The molecule has 4 nitrogen and oxygen atoms in total. The summed E-state index contributed by atoms with van der Waals surface area (Å²) < 4.78 is 0. The quantitative estimate of drug-likeness (QED) is 0.489. The lowest BCUT2D eigenvalue weighted by Crippen LogP contribution is -2.40. The zero-order valence-corrected chi connectivity index (χ0v) is 21.1. The fourth-order valence-electron chi connectivity index (χ4n) is 5.60. The number of nitrogens with one attached hydrogen (secondary N) is 1. The van der Waals surface area contributed by atoms with Crippen molar-refractivity contribution in [3.05, 3.63) is 83.4 Å². The number of hydrogen-bond donors (Lipinski definition) is 1. The van der Waals surface area contributed by atoms with Crippen LogP contribution in [0.1, 0.15) is 49.3 Å². The lowest BCUT2D eigenvalue weighted by Gasteiger charge is -2.31. The molecular weight excluding hydrogens is 430 g/mol. The van der Waals surface area contributed by atoms with Crippen LogP contribution in [0, 0.1) is 11.8 Å². The topological polar surface area (TPSA) is 35.6 Å². The largest absolute Gasteiger partial charge is 0.352 e. The zero-order valence-electron chi connectivity index (χ0n) is 21.1. The molecule has 3 aromatic rings. The average molecular weight is 470 g/mol. The van der Waals surface area contributed by atoms with E-state index in [0.717, 1.165) is 44.9 Å². The minimum absolute atomic E-state index is 0.125. The number of fused-ring (bicyclic) bond motifs is 1. The molecule has 0 atom stereocenters. The first-order valence-corrected chi connectivity index (χ1v) is 13.4. The van der Waals surface area contributed by atoms with E-state index in [0.29, 0.717) is 6.54 Å². The van der Waals surface area contributed by atoms with Crippen LogP contribution < -0.4 is 5.32 Å². The van der Waals surface area contributed by atoms with Crippen molar-refractivity contribution in [3.8, 4) is 0 Å². The Morgan fingerprint density at radius 2 is 1.40 bits per heavy atom. The van der Waals surface area contributed by atoms with Gasteiger partial charge in [0, 0.05) is 25.6 Å². The van der Waals surface area contributed by atoms with Crippen molar-refractivity contribution in [2.45, 2.75) is 52.2 Å². The van der Waals surface area contributed by atoms with Crippen LogP contribution in [-0.2, 0) is 24.4 Å². The average Bonchev–Trinajstić information content (AvgIpc) is 2.90. The van der Waals surface area contributed by atoms with Gasteiger partial charge in [-0.2, -0.15) is 0 Å². The van der Waals surface area contributed by atoms with Gasteiger partial charge in [0.2, 0.25) is 5.91 Å². The van der Waals surface area contributed by atoms with E-state index in [2.05, 4.69) is 88.8 Å². The van der Waals surface area contributed by atoms with Crippen molar-refractivity contribution in [1.82, 2.24) is 15.1 Å². The molecule has 1 amide bonds. The van der Waals surface area contributed by atoms with Gasteiger partial charge in [0.25, 0.3) is 0 Å². The Labute approximate surface area is 210 Å². The second kappa shape index (κ2) is 11.4. The van der Waals surface area contributed by atoms with Crippen molar-refractivity contribution >= 4 is 16.7 Å². The summed E-state index contributed by atoms with van der Waals surface area (Å²) in [6.07, 6.45) is 4.49. The SMILES string of the molecule is CC1CCN(Cc2ccc(CNC(=O)C3CCN(Cc4cccc5ccccc45)CC3)cc2)CC1. The first-order valence-electron chi connectivity index (χ1n) is 13.4. The minimum atomic E-state index is 0.125. The molecule has 2 heterocycles. The number of amides is 1. The van der Waals surface area contributed by atoms with Gasteiger partial charge in [0.1, 0.15) is 0 Å². The molecule has 0 aromatic heterocycles. The maximum Gasteiger partial charge on any atom is 0.223 e. The minimum Gasteiger partial charge on any atom is -0.352 e. The Morgan fingerprint density at radius 1 is 0.771 bits per heavy atom. The highest BCUT2D eigenvalue weighted by Gasteiger charge is 2.25. The van der Waals surface area contributed by atoms with E-state index in [1.165, 1.54) is 53.4 Å². The first kappa shape index (κ1) is 24.0. The molecule has 2 aliphatic rings. The molecule has 2 fully saturated rings.